The van der Waals surface area contributed by atoms with Crippen molar-refractivity contribution in [3.05, 3.63) is 12.2 Å². The van der Waals surface area contributed by atoms with Crippen LogP contribution in [-0.2, 0) is 19.1 Å². The third kappa shape index (κ3) is 4.56. The van der Waals surface area contributed by atoms with E-state index in [9.17, 15) is 14.4 Å². The van der Waals surface area contributed by atoms with E-state index in [1.54, 1.807) is 0 Å². The molecule has 7 nitrogen and oxygen atoms in total. The van der Waals surface area contributed by atoms with Gasteiger partial charge in [0, 0.05) is 12.2 Å². The van der Waals surface area contributed by atoms with Crippen LogP contribution in [0.4, 0.5) is 0 Å². The molecule has 0 aromatic rings. The fourth-order valence-corrected chi connectivity index (χ4v) is 0.593. The third-order valence-electron chi connectivity index (χ3n) is 1.76. The largest absolute Gasteiger partial charge is 0.481 e. The normalized spacial score (nSPS) is 14.4. The molecule has 0 aliphatic rings. The molecule has 90 valence electrons. The summed E-state index contributed by atoms with van der Waals surface area (Å²) in [7, 11) is 0. The van der Waals surface area contributed by atoms with Crippen LogP contribution in [0.25, 0.3) is 0 Å². The zero-order chi connectivity index (χ0) is 12.8. The Morgan fingerprint density at radius 2 is 1.81 bits per heavy atom. The SMILES string of the molecule is CC(CO)(COC(=O)C=CC(=O)O)C(=O)O. The van der Waals surface area contributed by atoms with Crippen molar-refractivity contribution < 1.29 is 34.4 Å². The van der Waals surface area contributed by atoms with Crippen LogP contribution in [0.1, 0.15) is 6.92 Å². The second-order valence-corrected chi connectivity index (χ2v) is 3.30. The summed E-state index contributed by atoms with van der Waals surface area (Å²) in [5.41, 5.74) is -1.59. The maximum atomic E-state index is 10.9. The van der Waals surface area contributed by atoms with Crippen molar-refractivity contribution in [3.63, 3.8) is 0 Å². The van der Waals surface area contributed by atoms with Gasteiger partial charge in [0.1, 0.15) is 12.0 Å². The number of carboxylic acids is 2. The van der Waals surface area contributed by atoms with Crippen molar-refractivity contribution in [2.45, 2.75) is 6.92 Å². The molecule has 0 amide bonds. The highest BCUT2D eigenvalue weighted by atomic mass is 16.5. The lowest BCUT2D eigenvalue weighted by atomic mass is 9.93. The van der Waals surface area contributed by atoms with Crippen molar-refractivity contribution in [2.75, 3.05) is 13.2 Å². The van der Waals surface area contributed by atoms with E-state index in [-0.39, 0.29) is 0 Å². The lowest BCUT2D eigenvalue weighted by Crippen LogP contribution is -2.37. The van der Waals surface area contributed by atoms with Gasteiger partial charge in [-0.2, -0.15) is 0 Å². The van der Waals surface area contributed by atoms with Crippen LogP contribution in [0, 0.1) is 5.41 Å². The molecule has 0 aliphatic heterocycles. The summed E-state index contributed by atoms with van der Waals surface area (Å²) < 4.78 is 4.48. The molecule has 0 saturated carbocycles. The molecule has 0 saturated heterocycles. The second kappa shape index (κ2) is 5.86. The average Bonchev–Trinajstić information content (AvgIpc) is 2.22. The molecule has 3 N–H and O–H groups in total. The highest BCUT2D eigenvalue weighted by molar-refractivity contribution is 5.90. The van der Waals surface area contributed by atoms with E-state index < -0.39 is 36.5 Å². The van der Waals surface area contributed by atoms with Gasteiger partial charge in [0.05, 0.1) is 6.61 Å². The van der Waals surface area contributed by atoms with Crippen molar-refractivity contribution in [1.29, 1.82) is 0 Å². The Morgan fingerprint density at radius 1 is 1.25 bits per heavy atom. The van der Waals surface area contributed by atoms with Gasteiger partial charge in [-0.05, 0) is 6.92 Å². The predicted molar refractivity (Wildman–Crippen MR) is 50.6 cm³/mol. The molecule has 1 unspecified atom stereocenters. The number of hydrogen-bond acceptors (Lipinski definition) is 5. The van der Waals surface area contributed by atoms with E-state index in [0.29, 0.717) is 12.2 Å². The van der Waals surface area contributed by atoms with Crippen LogP contribution < -0.4 is 0 Å². The number of rotatable bonds is 6. The molecule has 0 aliphatic carbocycles. The number of carboxylic acid groups (broad SMARTS) is 2. The quantitative estimate of drug-likeness (QED) is 0.407. The highest BCUT2D eigenvalue weighted by Crippen LogP contribution is 2.15. The molecule has 0 bridgehead atoms. The Hall–Kier alpha value is -1.89. The molecule has 7 heteroatoms. The smallest absolute Gasteiger partial charge is 0.331 e. The zero-order valence-electron chi connectivity index (χ0n) is 8.54. The fraction of sp³-hybridized carbons (Fsp3) is 0.444. The van der Waals surface area contributed by atoms with E-state index in [2.05, 4.69) is 4.74 Å². The molecule has 0 aromatic heterocycles. The average molecular weight is 232 g/mol. The molecule has 0 fully saturated rings. The summed E-state index contributed by atoms with van der Waals surface area (Å²) in [5, 5.41) is 25.7. The zero-order valence-corrected chi connectivity index (χ0v) is 8.54. The van der Waals surface area contributed by atoms with Crippen LogP contribution in [0.15, 0.2) is 12.2 Å². The molecule has 0 aromatic carbocycles. The van der Waals surface area contributed by atoms with E-state index in [1.165, 1.54) is 6.92 Å². The second-order valence-electron chi connectivity index (χ2n) is 3.30. The number of carbonyl (C=O) groups excluding carboxylic acids is 1. The Morgan fingerprint density at radius 3 is 2.19 bits per heavy atom. The van der Waals surface area contributed by atoms with E-state index in [1.807, 2.05) is 0 Å². The molecule has 0 spiro atoms. The summed E-state index contributed by atoms with van der Waals surface area (Å²) >= 11 is 0. The molecular weight excluding hydrogens is 220 g/mol. The molecule has 0 radical (unpaired) electrons. The molecular formula is C9H12O7. The Labute approximate surface area is 90.9 Å². The number of aliphatic carboxylic acids is 2. The van der Waals surface area contributed by atoms with Crippen LogP contribution in [0.2, 0.25) is 0 Å². The van der Waals surface area contributed by atoms with Crippen molar-refractivity contribution in [1.82, 2.24) is 0 Å². The van der Waals surface area contributed by atoms with Gasteiger partial charge >= 0.3 is 17.9 Å². The minimum Gasteiger partial charge on any atom is -0.481 e. The van der Waals surface area contributed by atoms with Crippen LogP contribution in [0.5, 0.6) is 0 Å². The first kappa shape index (κ1) is 14.1. The summed E-state index contributed by atoms with van der Waals surface area (Å²) in [6, 6.07) is 0. The number of esters is 1. The number of aliphatic hydroxyl groups excluding tert-OH is 1. The topological polar surface area (TPSA) is 121 Å². The van der Waals surface area contributed by atoms with Gasteiger partial charge in [-0.15, -0.1) is 0 Å². The maximum absolute atomic E-state index is 10.9. The van der Waals surface area contributed by atoms with Gasteiger partial charge in [0.2, 0.25) is 0 Å². The summed E-state index contributed by atoms with van der Waals surface area (Å²) in [6.07, 6.45) is 1.22. The van der Waals surface area contributed by atoms with Crippen LogP contribution in [-0.4, -0.2) is 46.4 Å². The monoisotopic (exact) mass is 232 g/mol. The van der Waals surface area contributed by atoms with Gasteiger partial charge in [0.25, 0.3) is 0 Å². The first-order chi connectivity index (χ1) is 7.31. The number of aliphatic hydroxyl groups is 1. The van der Waals surface area contributed by atoms with Crippen LogP contribution in [0.3, 0.4) is 0 Å². The van der Waals surface area contributed by atoms with Gasteiger partial charge in [-0.3, -0.25) is 4.79 Å². The minimum atomic E-state index is -1.59. The molecule has 0 rings (SSSR count). The molecule has 16 heavy (non-hydrogen) atoms. The van der Waals surface area contributed by atoms with E-state index in [4.69, 9.17) is 15.3 Å². The standard InChI is InChI=1S/C9H12O7/c1-9(4-10,8(14)15)5-16-7(13)3-2-6(11)12/h2-3,10H,4-5H2,1H3,(H,11,12)(H,14,15). The molecule has 1 atom stereocenters. The van der Waals surface area contributed by atoms with Gasteiger partial charge < -0.3 is 20.1 Å². The maximum Gasteiger partial charge on any atom is 0.331 e. The number of ether oxygens (including phenoxy) is 1. The molecule has 0 heterocycles. The fourth-order valence-electron chi connectivity index (χ4n) is 0.593. The Balaban J connectivity index is 4.28. The van der Waals surface area contributed by atoms with Crippen LogP contribution >= 0.6 is 0 Å². The van der Waals surface area contributed by atoms with Gasteiger partial charge in [-0.25, -0.2) is 9.59 Å². The van der Waals surface area contributed by atoms with Gasteiger partial charge in [0.15, 0.2) is 0 Å². The van der Waals surface area contributed by atoms with Crippen molar-refractivity contribution >= 4 is 17.9 Å². The van der Waals surface area contributed by atoms with E-state index in [0.717, 1.165) is 0 Å². The summed E-state index contributed by atoms with van der Waals surface area (Å²) in [5.74, 6) is -3.62. The lowest BCUT2D eigenvalue weighted by Gasteiger charge is -2.20. The highest BCUT2D eigenvalue weighted by Gasteiger charge is 2.34. The number of carbonyl (C=O) groups is 3. The predicted octanol–water partition coefficient (Wildman–Crippen LogP) is -0.746. The Bertz CT molecular complexity index is 320. The third-order valence-corrected chi connectivity index (χ3v) is 1.76. The summed E-state index contributed by atoms with van der Waals surface area (Å²) in [4.78, 5) is 31.6. The van der Waals surface area contributed by atoms with Crippen molar-refractivity contribution in [2.24, 2.45) is 5.41 Å². The Kier molecular flexibility index (Phi) is 5.17. The van der Waals surface area contributed by atoms with Crippen molar-refractivity contribution in [3.8, 4) is 0 Å². The first-order valence-corrected chi connectivity index (χ1v) is 4.24. The van der Waals surface area contributed by atoms with E-state index >= 15 is 0 Å². The summed E-state index contributed by atoms with van der Waals surface area (Å²) in [6.45, 7) is -0.0383. The number of hydrogen-bond donors (Lipinski definition) is 3. The first-order valence-electron chi connectivity index (χ1n) is 4.24. The van der Waals surface area contributed by atoms with Gasteiger partial charge in [-0.1, -0.05) is 0 Å². The minimum absolute atomic E-state index is 0.540. The lowest BCUT2D eigenvalue weighted by molar-refractivity contribution is -0.158.